The van der Waals surface area contributed by atoms with Crippen molar-refractivity contribution in [2.24, 2.45) is 0 Å². The minimum Gasteiger partial charge on any atom is -0.351 e. The second-order valence-electron chi connectivity index (χ2n) is 6.23. The van der Waals surface area contributed by atoms with E-state index in [0.29, 0.717) is 8.81 Å². The highest BCUT2D eigenvalue weighted by Gasteiger charge is 2.27. The summed E-state index contributed by atoms with van der Waals surface area (Å²) in [6.07, 6.45) is 0.223. The molecule has 9 heteroatoms. The molecular formula is C20H18BrClN2O3S2. The van der Waals surface area contributed by atoms with E-state index >= 15 is 0 Å². The molecule has 1 amide bonds. The first-order valence-electron chi connectivity index (χ1n) is 8.68. The van der Waals surface area contributed by atoms with Crippen LogP contribution in [0.15, 0.2) is 74.7 Å². The Hall–Kier alpha value is -1.71. The maximum absolute atomic E-state index is 12.9. The number of amides is 1. The zero-order chi connectivity index (χ0) is 20.9. The first-order chi connectivity index (χ1) is 13.8. The number of rotatable bonds is 8. The van der Waals surface area contributed by atoms with Crippen molar-refractivity contribution >= 4 is 54.8 Å². The second kappa shape index (κ2) is 9.86. The third-order valence-corrected chi connectivity index (χ3v) is 8.08. The lowest BCUT2D eigenvalue weighted by atomic mass is 10.1. The van der Waals surface area contributed by atoms with Gasteiger partial charge in [-0.1, -0.05) is 60.1 Å². The minimum absolute atomic E-state index is 0.140. The topological polar surface area (TPSA) is 75.3 Å². The third-order valence-electron chi connectivity index (χ3n) is 4.12. The van der Waals surface area contributed by atoms with Gasteiger partial charge in [-0.3, -0.25) is 4.79 Å². The van der Waals surface area contributed by atoms with Gasteiger partial charge in [-0.05, 0) is 51.7 Å². The number of benzene rings is 2. The van der Waals surface area contributed by atoms with Crippen LogP contribution < -0.4 is 10.0 Å². The Morgan fingerprint density at radius 2 is 1.72 bits per heavy atom. The van der Waals surface area contributed by atoms with Crippen LogP contribution in [0.2, 0.25) is 5.02 Å². The summed E-state index contributed by atoms with van der Waals surface area (Å²) in [4.78, 5) is 12.9. The molecule has 1 aromatic heterocycles. The van der Waals surface area contributed by atoms with E-state index < -0.39 is 22.0 Å². The molecule has 1 heterocycles. The van der Waals surface area contributed by atoms with Crippen LogP contribution in [0.4, 0.5) is 0 Å². The van der Waals surface area contributed by atoms with Gasteiger partial charge in [0.1, 0.15) is 10.3 Å². The molecule has 0 radical (unpaired) electrons. The Bertz CT molecular complexity index is 1090. The molecule has 152 valence electrons. The standard InChI is InChI=1S/C20H18BrClN2O3S2/c21-18-10-11-19(28-18)29(26,27)24-17(12-14-6-2-1-3-7-14)20(25)23-13-15-8-4-5-9-16(15)22/h1-11,17,24H,12-13H2,(H,23,25)/t17-/m0/s1. The van der Waals surface area contributed by atoms with Gasteiger partial charge in [0.2, 0.25) is 5.91 Å². The van der Waals surface area contributed by atoms with Gasteiger partial charge in [-0.25, -0.2) is 8.42 Å². The molecule has 5 nitrogen and oxygen atoms in total. The summed E-state index contributed by atoms with van der Waals surface area (Å²) in [6.45, 7) is 0.204. The van der Waals surface area contributed by atoms with E-state index in [4.69, 9.17) is 11.6 Å². The maximum Gasteiger partial charge on any atom is 0.250 e. The van der Waals surface area contributed by atoms with Crippen molar-refractivity contribution in [3.63, 3.8) is 0 Å². The summed E-state index contributed by atoms with van der Waals surface area (Å²) < 4.78 is 28.9. The van der Waals surface area contributed by atoms with E-state index in [1.807, 2.05) is 42.5 Å². The van der Waals surface area contributed by atoms with E-state index in [9.17, 15) is 13.2 Å². The van der Waals surface area contributed by atoms with Gasteiger partial charge in [0.05, 0.1) is 3.79 Å². The van der Waals surface area contributed by atoms with Crippen molar-refractivity contribution < 1.29 is 13.2 Å². The van der Waals surface area contributed by atoms with Crippen molar-refractivity contribution in [2.75, 3.05) is 0 Å². The predicted octanol–water partition coefficient (Wildman–Crippen LogP) is 4.37. The van der Waals surface area contributed by atoms with E-state index in [0.717, 1.165) is 22.5 Å². The van der Waals surface area contributed by atoms with Gasteiger partial charge in [-0.15, -0.1) is 11.3 Å². The normalized spacial score (nSPS) is 12.5. The van der Waals surface area contributed by atoms with Gasteiger partial charge in [0.25, 0.3) is 10.0 Å². The molecule has 2 aromatic carbocycles. The summed E-state index contributed by atoms with van der Waals surface area (Å²) >= 11 is 10.5. The average molecular weight is 514 g/mol. The third kappa shape index (κ3) is 6.13. The Labute approximate surface area is 187 Å². The Balaban J connectivity index is 1.78. The van der Waals surface area contributed by atoms with Crippen molar-refractivity contribution in [3.05, 3.63) is 86.7 Å². The lowest BCUT2D eigenvalue weighted by Crippen LogP contribution is -2.47. The number of sulfonamides is 1. The van der Waals surface area contributed by atoms with Crippen LogP contribution in [-0.2, 0) is 27.8 Å². The van der Waals surface area contributed by atoms with Crippen LogP contribution in [0.5, 0.6) is 0 Å². The molecule has 0 fully saturated rings. The van der Waals surface area contributed by atoms with E-state index in [1.54, 1.807) is 18.2 Å². The Kier molecular flexibility index (Phi) is 7.48. The molecule has 3 rings (SSSR count). The number of nitrogens with one attached hydrogen (secondary N) is 2. The van der Waals surface area contributed by atoms with E-state index in [1.165, 1.54) is 6.07 Å². The number of halogens is 2. The van der Waals surface area contributed by atoms with Crippen molar-refractivity contribution in [2.45, 2.75) is 23.2 Å². The molecule has 0 aliphatic carbocycles. The molecule has 0 spiro atoms. The average Bonchev–Trinajstić information content (AvgIpc) is 3.15. The molecule has 0 saturated heterocycles. The molecule has 2 N–H and O–H groups in total. The van der Waals surface area contributed by atoms with Gasteiger partial charge in [0.15, 0.2) is 0 Å². The molecule has 0 saturated carbocycles. The fourth-order valence-corrected chi connectivity index (χ4v) is 6.10. The van der Waals surface area contributed by atoms with Gasteiger partial charge in [-0.2, -0.15) is 4.72 Å². The quantitative estimate of drug-likeness (QED) is 0.470. The highest BCUT2D eigenvalue weighted by Crippen LogP contribution is 2.26. The van der Waals surface area contributed by atoms with Gasteiger partial charge >= 0.3 is 0 Å². The summed E-state index contributed by atoms with van der Waals surface area (Å²) in [5, 5.41) is 3.32. The van der Waals surface area contributed by atoms with Crippen molar-refractivity contribution in [3.8, 4) is 0 Å². The predicted molar refractivity (Wildman–Crippen MR) is 120 cm³/mol. The van der Waals surface area contributed by atoms with Crippen molar-refractivity contribution in [1.29, 1.82) is 0 Å². The fraction of sp³-hybridized carbons (Fsp3) is 0.150. The van der Waals surface area contributed by atoms with Crippen LogP contribution in [0.25, 0.3) is 0 Å². The summed E-state index contributed by atoms with van der Waals surface area (Å²) in [5.41, 5.74) is 1.60. The summed E-state index contributed by atoms with van der Waals surface area (Å²) in [6, 6.07) is 18.6. The zero-order valence-electron chi connectivity index (χ0n) is 15.1. The Morgan fingerprint density at radius 1 is 1.03 bits per heavy atom. The molecule has 0 aliphatic rings. The first kappa shape index (κ1) is 22.0. The van der Waals surface area contributed by atoms with Crippen molar-refractivity contribution in [1.82, 2.24) is 10.0 Å². The SMILES string of the molecule is O=C(NCc1ccccc1Cl)[C@H](Cc1ccccc1)NS(=O)(=O)c1ccc(Br)s1. The van der Waals surface area contributed by atoms with Gasteiger partial charge in [0, 0.05) is 11.6 Å². The first-order valence-corrected chi connectivity index (χ1v) is 12.1. The molecule has 3 aromatic rings. The summed E-state index contributed by atoms with van der Waals surface area (Å²) in [5.74, 6) is -0.423. The zero-order valence-corrected chi connectivity index (χ0v) is 19.1. The number of thiophene rings is 1. The lowest BCUT2D eigenvalue weighted by Gasteiger charge is -2.18. The lowest BCUT2D eigenvalue weighted by molar-refractivity contribution is -0.122. The minimum atomic E-state index is -3.84. The molecule has 0 aliphatic heterocycles. The monoisotopic (exact) mass is 512 g/mol. The van der Waals surface area contributed by atoms with Crippen LogP contribution in [0.1, 0.15) is 11.1 Å². The maximum atomic E-state index is 12.9. The van der Waals surface area contributed by atoms with Crippen LogP contribution in [0.3, 0.4) is 0 Å². The number of carbonyl (C=O) groups is 1. The molecule has 1 atom stereocenters. The van der Waals surface area contributed by atoms with E-state index in [-0.39, 0.29) is 17.2 Å². The molecule has 29 heavy (non-hydrogen) atoms. The summed E-state index contributed by atoms with van der Waals surface area (Å²) in [7, 11) is -3.84. The molecule has 0 bridgehead atoms. The highest BCUT2D eigenvalue weighted by atomic mass is 79.9. The van der Waals surface area contributed by atoms with Crippen LogP contribution in [0, 0.1) is 0 Å². The molecule has 0 unspecified atom stereocenters. The number of hydrogen-bond acceptors (Lipinski definition) is 4. The van der Waals surface area contributed by atoms with E-state index in [2.05, 4.69) is 26.0 Å². The van der Waals surface area contributed by atoms with Crippen LogP contribution >= 0.6 is 38.9 Å². The molecular weight excluding hydrogens is 496 g/mol. The fourth-order valence-electron chi connectivity index (χ4n) is 2.67. The largest absolute Gasteiger partial charge is 0.351 e. The smallest absolute Gasteiger partial charge is 0.250 e. The highest BCUT2D eigenvalue weighted by molar-refractivity contribution is 9.11. The van der Waals surface area contributed by atoms with Crippen LogP contribution in [-0.4, -0.2) is 20.4 Å². The second-order valence-corrected chi connectivity index (χ2v) is 11.0. The van der Waals surface area contributed by atoms with Gasteiger partial charge < -0.3 is 5.32 Å². The number of hydrogen-bond donors (Lipinski definition) is 2. The Morgan fingerprint density at radius 3 is 2.38 bits per heavy atom. The number of carbonyl (C=O) groups excluding carboxylic acids is 1.